The van der Waals surface area contributed by atoms with Crippen LogP contribution < -0.4 is 5.32 Å². The van der Waals surface area contributed by atoms with Gasteiger partial charge >= 0.3 is 18.2 Å². The first-order valence-electron chi connectivity index (χ1n) is 9.57. The summed E-state index contributed by atoms with van der Waals surface area (Å²) in [5.74, 6) is -3.19. The van der Waals surface area contributed by atoms with Gasteiger partial charge in [-0.05, 0) is 58.6 Å². The molecule has 0 saturated carbocycles. The van der Waals surface area contributed by atoms with Gasteiger partial charge in [0.15, 0.2) is 0 Å². The fourth-order valence-corrected chi connectivity index (χ4v) is 3.36. The van der Waals surface area contributed by atoms with E-state index in [1.54, 1.807) is 32.6 Å². The number of carbonyl (C=O) groups is 2. The second-order valence-electron chi connectivity index (χ2n) is 8.42. The van der Waals surface area contributed by atoms with Gasteiger partial charge in [0.05, 0.1) is 11.1 Å². The van der Waals surface area contributed by atoms with Crippen LogP contribution in [0, 0.1) is 11.7 Å². The number of benzene rings is 1. The van der Waals surface area contributed by atoms with Crippen LogP contribution in [0.25, 0.3) is 0 Å². The van der Waals surface area contributed by atoms with E-state index in [9.17, 15) is 32.3 Å². The normalized spacial score (nSPS) is 16.9. The third kappa shape index (κ3) is 5.99. The Hall–Kier alpha value is -2.52. The van der Waals surface area contributed by atoms with Crippen molar-refractivity contribution in [2.75, 3.05) is 18.4 Å². The number of piperidine rings is 1. The van der Waals surface area contributed by atoms with Gasteiger partial charge in [-0.15, -0.1) is 0 Å². The predicted octanol–water partition coefficient (Wildman–Crippen LogP) is 4.99. The van der Waals surface area contributed by atoms with E-state index >= 15 is 0 Å². The Balaban J connectivity index is 2.10. The number of nitrogens with zero attached hydrogens (tertiary/aromatic N) is 1. The summed E-state index contributed by atoms with van der Waals surface area (Å²) in [6.07, 6.45) is -4.26. The fraction of sp³-hybridized carbons (Fsp3) is 0.600. The van der Waals surface area contributed by atoms with Crippen LogP contribution in [0.2, 0.25) is 0 Å². The number of carbonyl (C=O) groups excluding carboxylic acids is 1. The van der Waals surface area contributed by atoms with E-state index in [1.807, 2.05) is 0 Å². The number of aromatic carboxylic acids is 1. The Morgan fingerprint density at radius 1 is 1.20 bits per heavy atom. The van der Waals surface area contributed by atoms with Gasteiger partial charge in [-0.1, -0.05) is 0 Å². The Labute approximate surface area is 172 Å². The molecule has 1 fully saturated rings. The summed E-state index contributed by atoms with van der Waals surface area (Å²) >= 11 is 0. The average Bonchev–Trinajstić information content (AvgIpc) is 2.60. The molecule has 168 valence electrons. The molecule has 2 rings (SSSR count). The van der Waals surface area contributed by atoms with Crippen LogP contribution in [-0.4, -0.2) is 46.8 Å². The van der Waals surface area contributed by atoms with Crippen molar-refractivity contribution >= 4 is 17.7 Å². The number of carboxylic acids is 1. The fourth-order valence-electron chi connectivity index (χ4n) is 3.36. The molecule has 10 heteroatoms. The predicted molar refractivity (Wildman–Crippen MR) is 102 cm³/mol. The maximum absolute atomic E-state index is 13.8. The minimum atomic E-state index is -4.94. The first kappa shape index (κ1) is 23.8. The van der Waals surface area contributed by atoms with E-state index in [2.05, 4.69) is 5.32 Å². The number of halogens is 4. The molecular weight excluding hydrogens is 408 g/mol. The van der Waals surface area contributed by atoms with Crippen LogP contribution in [0.4, 0.5) is 28.0 Å². The molecule has 30 heavy (non-hydrogen) atoms. The molecule has 1 aromatic rings. The standard InChI is InChI=1S/C20H26F4N2O4/c1-11(12-5-7-26(8-6-12)18(29)30-19(2,3)4)25-16-10-14(20(22,23)24)15(21)9-13(16)17(27)28/h9-12,25H,5-8H2,1-4H3,(H,27,28)/t11-/m0/s1. The zero-order chi connectivity index (χ0) is 22.9. The molecular formula is C20H26F4N2O4. The maximum Gasteiger partial charge on any atom is 0.419 e. The number of carboxylic acid groups (broad SMARTS) is 1. The van der Waals surface area contributed by atoms with Crippen LogP contribution in [0.1, 0.15) is 56.5 Å². The summed E-state index contributed by atoms with van der Waals surface area (Å²) in [6.45, 7) is 7.84. The van der Waals surface area contributed by atoms with Crippen LogP contribution in [-0.2, 0) is 10.9 Å². The quantitative estimate of drug-likeness (QED) is 0.653. The largest absolute Gasteiger partial charge is 0.478 e. The molecule has 0 radical (unpaired) electrons. The molecule has 1 aliphatic heterocycles. The molecule has 0 aromatic heterocycles. The van der Waals surface area contributed by atoms with Crippen molar-refractivity contribution in [2.45, 2.75) is 58.4 Å². The van der Waals surface area contributed by atoms with Gasteiger partial charge in [-0.25, -0.2) is 14.0 Å². The monoisotopic (exact) mass is 434 g/mol. The molecule has 0 bridgehead atoms. The smallest absolute Gasteiger partial charge is 0.419 e. The Kier molecular flexibility index (Phi) is 6.88. The molecule has 0 aliphatic carbocycles. The number of hydrogen-bond donors (Lipinski definition) is 2. The molecule has 1 atom stereocenters. The first-order chi connectivity index (χ1) is 13.7. The number of likely N-dealkylation sites (tertiary alicyclic amines) is 1. The van der Waals surface area contributed by atoms with Gasteiger partial charge in [0.25, 0.3) is 0 Å². The summed E-state index contributed by atoms with van der Waals surface area (Å²) in [4.78, 5) is 25.1. The highest BCUT2D eigenvalue weighted by atomic mass is 19.4. The van der Waals surface area contributed by atoms with Gasteiger partial charge in [0.2, 0.25) is 0 Å². The van der Waals surface area contributed by atoms with Gasteiger partial charge in [-0.3, -0.25) is 0 Å². The highest BCUT2D eigenvalue weighted by molar-refractivity contribution is 5.94. The molecule has 6 nitrogen and oxygen atoms in total. The highest BCUT2D eigenvalue weighted by Gasteiger charge is 2.36. The molecule has 1 heterocycles. The number of anilines is 1. The molecule has 0 spiro atoms. The zero-order valence-electron chi connectivity index (χ0n) is 17.3. The lowest BCUT2D eigenvalue weighted by Crippen LogP contribution is -2.44. The molecule has 1 aromatic carbocycles. The minimum Gasteiger partial charge on any atom is -0.478 e. The lowest BCUT2D eigenvalue weighted by Gasteiger charge is -2.36. The van der Waals surface area contributed by atoms with E-state index in [0.29, 0.717) is 38.1 Å². The molecule has 0 unspecified atom stereocenters. The van der Waals surface area contributed by atoms with E-state index in [1.165, 1.54) is 0 Å². The lowest BCUT2D eigenvalue weighted by molar-refractivity contribution is -0.139. The van der Waals surface area contributed by atoms with Crippen LogP contribution in [0.5, 0.6) is 0 Å². The van der Waals surface area contributed by atoms with Crippen molar-refractivity contribution < 1.29 is 37.0 Å². The highest BCUT2D eigenvalue weighted by Crippen LogP contribution is 2.35. The van der Waals surface area contributed by atoms with Crippen molar-refractivity contribution in [3.63, 3.8) is 0 Å². The number of rotatable bonds is 4. The van der Waals surface area contributed by atoms with E-state index in [-0.39, 0.29) is 11.6 Å². The molecule has 1 saturated heterocycles. The van der Waals surface area contributed by atoms with Crippen molar-refractivity contribution in [1.82, 2.24) is 4.90 Å². The van der Waals surface area contributed by atoms with Crippen molar-refractivity contribution in [3.8, 4) is 0 Å². The lowest BCUT2D eigenvalue weighted by atomic mass is 9.90. The Morgan fingerprint density at radius 3 is 2.23 bits per heavy atom. The Morgan fingerprint density at radius 2 is 1.77 bits per heavy atom. The van der Waals surface area contributed by atoms with Gasteiger partial charge in [0, 0.05) is 24.8 Å². The van der Waals surface area contributed by atoms with E-state index < -0.39 is 46.8 Å². The SMILES string of the molecule is C[C@H](Nc1cc(C(F)(F)F)c(F)cc1C(=O)O)C1CCN(C(=O)OC(C)(C)C)CC1. The first-order valence-corrected chi connectivity index (χ1v) is 9.57. The molecule has 2 N–H and O–H groups in total. The third-order valence-electron chi connectivity index (χ3n) is 4.92. The number of hydrogen-bond acceptors (Lipinski definition) is 4. The van der Waals surface area contributed by atoms with E-state index in [4.69, 9.17) is 4.74 Å². The molecule has 1 amide bonds. The van der Waals surface area contributed by atoms with Gasteiger partial charge in [0.1, 0.15) is 11.4 Å². The van der Waals surface area contributed by atoms with Crippen molar-refractivity contribution in [1.29, 1.82) is 0 Å². The maximum atomic E-state index is 13.8. The van der Waals surface area contributed by atoms with Crippen LogP contribution >= 0.6 is 0 Å². The number of ether oxygens (including phenoxy) is 1. The van der Waals surface area contributed by atoms with Gasteiger partial charge in [-0.2, -0.15) is 13.2 Å². The van der Waals surface area contributed by atoms with Gasteiger partial charge < -0.3 is 20.1 Å². The number of nitrogens with one attached hydrogen (secondary N) is 1. The third-order valence-corrected chi connectivity index (χ3v) is 4.92. The summed E-state index contributed by atoms with van der Waals surface area (Å²) < 4.78 is 58.2. The average molecular weight is 434 g/mol. The summed E-state index contributed by atoms with van der Waals surface area (Å²) in [5, 5.41) is 12.1. The van der Waals surface area contributed by atoms with Crippen LogP contribution in [0.3, 0.4) is 0 Å². The number of alkyl halides is 3. The number of amides is 1. The topological polar surface area (TPSA) is 78.9 Å². The van der Waals surface area contributed by atoms with Crippen molar-refractivity contribution in [2.24, 2.45) is 5.92 Å². The summed E-state index contributed by atoms with van der Waals surface area (Å²) in [7, 11) is 0. The summed E-state index contributed by atoms with van der Waals surface area (Å²) in [5.41, 5.74) is -3.01. The van der Waals surface area contributed by atoms with Crippen LogP contribution in [0.15, 0.2) is 12.1 Å². The second kappa shape index (κ2) is 8.69. The summed E-state index contributed by atoms with van der Waals surface area (Å²) in [6, 6.07) is 0.478. The van der Waals surface area contributed by atoms with E-state index in [0.717, 1.165) is 0 Å². The zero-order valence-corrected chi connectivity index (χ0v) is 17.3. The molecule has 1 aliphatic rings. The Bertz CT molecular complexity index is 797. The second-order valence-corrected chi connectivity index (χ2v) is 8.42. The minimum absolute atomic E-state index is 0.0234. The van der Waals surface area contributed by atoms with Crippen molar-refractivity contribution in [3.05, 3.63) is 29.1 Å².